The number of hydrogen-bond donors (Lipinski definition) is 1. The Morgan fingerprint density at radius 2 is 1.75 bits per heavy atom. The smallest absolute Gasteiger partial charge is 0.250 e. The highest BCUT2D eigenvalue weighted by molar-refractivity contribution is 7.99. The van der Waals surface area contributed by atoms with Crippen LogP contribution in [-0.2, 0) is 10.2 Å². The van der Waals surface area contributed by atoms with Gasteiger partial charge in [0.25, 0.3) is 5.91 Å². The third-order valence-corrected chi connectivity index (χ3v) is 6.62. The fourth-order valence-corrected chi connectivity index (χ4v) is 4.29. The first-order valence-electron chi connectivity index (χ1n) is 11.7. The van der Waals surface area contributed by atoms with Crippen molar-refractivity contribution in [2.45, 2.75) is 45.2 Å². The summed E-state index contributed by atoms with van der Waals surface area (Å²) in [6.07, 6.45) is 3.41. The quantitative estimate of drug-likeness (QED) is 0.205. The Kier molecular flexibility index (Phi) is 7.64. The van der Waals surface area contributed by atoms with Gasteiger partial charge in [0.15, 0.2) is 11.0 Å². The molecule has 0 aliphatic heterocycles. The minimum atomic E-state index is -0.224. The van der Waals surface area contributed by atoms with Gasteiger partial charge in [-0.25, -0.2) is 5.43 Å². The standard InChI is InChI=1S/C28H30N6OS/c1-19-8-14-24(15-9-19)34-26(21-10-12-23(13-11-21)28(3,4)5)32-33-27(34)36-18-25(35)31-30-20(2)22-7-6-16-29-17-22/h6-17H,18H2,1-5H3,(H,31,35). The number of hydrogen-bond acceptors (Lipinski definition) is 6. The van der Waals surface area contributed by atoms with Crippen molar-refractivity contribution in [3.63, 3.8) is 0 Å². The van der Waals surface area contributed by atoms with Crippen LogP contribution in [0.3, 0.4) is 0 Å². The molecule has 4 aromatic rings. The third kappa shape index (κ3) is 6.07. The molecule has 2 heterocycles. The van der Waals surface area contributed by atoms with Crippen LogP contribution in [0.1, 0.15) is 44.4 Å². The Morgan fingerprint density at radius 3 is 2.39 bits per heavy atom. The largest absolute Gasteiger partial charge is 0.272 e. The van der Waals surface area contributed by atoms with Gasteiger partial charge >= 0.3 is 0 Å². The molecule has 0 saturated carbocycles. The summed E-state index contributed by atoms with van der Waals surface area (Å²) in [5.74, 6) is 0.655. The molecule has 8 heteroatoms. The van der Waals surface area contributed by atoms with E-state index in [1.807, 2.05) is 35.8 Å². The summed E-state index contributed by atoms with van der Waals surface area (Å²) in [4.78, 5) is 16.6. The van der Waals surface area contributed by atoms with Gasteiger partial charge in [0, 0.05) is 29.2 Å². The van der Waals surface area contributed by atoms with Crippen LogP contribution in [0.25, 0.3) is 17.1 Å². The zero-order chi connectivity index (χ0) is 25.7. The van der Waals surface area contributed by atoms with Crippen LogP contribution in [0.2, 0.25) is 0 Å². The van der Waals surface area contributed by atoms with Gasteiger partial charge in [-0.2, -0.15) is 5.10 Å². The molecule has 36 heavy (non-hydrogen) atoms. The van der Waals surface area contributed by atoms with Crippen molar-refractivity contribution in [3.8, 4) is 17.1 Å². The van der Waals surface area contributed by atoms with Gasteiger partial charge in [-0.3, -0.25) is 14.3 Å². The van der Waals surface area contributed by atoms with Crippen LogP contribution in [-0.4, -0.2) is 37.1 Å². The molecule has 2 aromatic carbocycles. The number of benzene rings is 2. The number of hydrazone groups is 1. The van der Waals surface area contributed by atoms with E-state index in [2.05, 4.69) is 89.8 Å². The van der Waals surface area contributed by atoms with Crippen molar-refractivity contribution >= 4 is 23.4 Å². The summed E-state index contributed by atoms with van der Waals surface area (Å²) in [6.45, 7) is 10.5. The molecule has 4 rings (SSSR count). The summed E-state index contributed by atoms with van der Waals surface area (Å²) >= 11 is 1.32. The number of nitrogens with zero attached hydrogens (tertiary/aromatic N) is 5. The van der Waals surface area contributed by atoms with Crippen LogP contribution in [0, 0.1) is 6.92 Å². The molecule has 0 bridgehead atoms. The number of amides is 1. The highest BCUT2D eigenvalue weighted by Crippen LogP contribution is 2.30. The van der Waals surface area contributed by atoms with Gasteiger partial charge in [0.1, 0.15) is 0 Å². The van der Waals surface area contributed by atoms with E-state index in [1.54, 1.807) is 12.4 Å². The van der Waals surface area contributed by atoms with Crippen LogP contribution < -0.4 is 5.43 Å². The van der Waals surface area contributed by atoms with Crippen molar-refractivity contribution in [2.75, 3.05) is 5.75 Å². The molecule has 1 amide bonds. The molecule has 7 nitrogen and oxygen atoms in total. The predicted molar refractivity (Wildman–Crippen MR) is 146 cm³/mol. The van der Waals surface area contributed by atoms with Crippen molar-refractivity contribution in [3.05, 3.63) is 89.7 Å². The Morgan fingerprint density at radius 1 is 1.03 bits per heavy atom. The van der Waals surface area contributed by atoms with E-state index in [9.17, 15) is 4.79 Å². The predicted octanol–water partition coefficient (Wildman–Crippen LogP) is 5.57. The van der Waals surface area contributed by atoms with Gasteiger partial charge in [-0.05, 0) is 43.0 Å². The van der Waals surface area contributed by atoms with E-state index in [0.29, 0.717) is 10.9 Å². The number of aromatic nitrogens is 4. The molecule has 0 radical (unpaired) electrons. The van der Waals surface area contributed by atoms with Crippen molar-refractivity contribution in [1.29, 1.82) is 0 Å². The first-order chi connectivity index (χ1) is 17.2. The molecule has 0 fully saturated rings. The monoisotopic (exact) mass is 498 g/mol. The molecular formula is C28H30N6OS. The van der Waals surface area contributed by atoms with Gasteiger partial charge in [-0.15, -0.1) is 10.2 Å². The lowest BCUT2D eigenvalue weighted by Crippen LogP contribution is -2.21. The van der Waals surface area contributed by atoms with Gasteiger partial charge in [0.05, 0.1) is 11.5 Å². The Bertz CT molecular complexity index is 1350. The van der Waals surface area contributed by atoms with Gasteiger partial charge in [-0.1, -0.05) is 80.6 Å². The summed E-state index contributed by atoms with van der Waals surface area (Å²) in [5, 5.41) is 13.8. The van der Waals surface area contributed by atoms with Crippen LogP contribution >= 0.6 is 11.8 Å². The van der Waals surface area contributed by atoms with Crippen molar-refractivity contribution in [1.82, 2.24) is 25.2 Å². The van der Waals surface area contributed by atoms with E-state index in [0.717, 1.165) is 22.6 Å². The number of rotatable bonds is 7. The fourth-order valence-electron chi connectivity index (χ4n) is 3.55. The number of thioether (sulfide) groups is 1. The summed E-state index contributed by atoms with van der Waals surface area (Å²) in [6, 6.07) is 20.3. The average Bonchev–Trinajstić information content (AvgIpc) is 3.30. The lowest BCUT2D eigenvalue weighted by Gasteiger charge is -2.19. The van der Waals surface area contributed by atoms with E-state index in [1.165, 1.54) is 22.9 Å². The number of carbonyl (C=O) groups is 1. The average molecular weight is 499 g/mol. The van der Waals surface area contributed by atoms with E-state index >= 15 is 0 Å². The molecule has 0 spiro atoms. The highest BCUT2D eigenvalue weighted by Gasteiger charge is 2.19. The number of pyridine rings is 1. The summed E-state index contributed by atoms with van der Waals surface area (Å²) in [7, 11) is 0. The highest BCUT2D eigenvalue weighted by atomic mass is 32.2. The lowest BCUT2D eigenvalue weighted by atomic mass is 9.87. The first kappa shape index (κ1) is 25.3. The molecule has 0 aliphatic carbocycles. The maximum absolute atomic E-state index is 12.5. The maximum Gasteiger partial charge on any atom is 0.250 e. The molecule has 0 saturated heterocycles. The minimum Gasteiger partial charge on any atom is -0.272 e. The van der Waals surface area contributed by atoms with Gasteiger partial charge < -0.3 is 0 Å². The van der Waals surface area contributed by atoms with Crippen LogP contribution in [0.4, 0.5) is 0 Å². The molecule has 184 valence electrons. The van der Waals surface area contributed by atoms with Gasteiger partial charge in [0.2, 0.25) is 0 Å². The molecule has 1 N–H and O–H groups in total. The third-order valence-electron chi connectivity index (χ3n) is 5.69. The van der Waals surface area contributed by atoms with Crippen molar-refractivity contribution in [2.24, 2.45) is 5.10 Å². The van der Waals surface area contributed by atoms with Crippen LogP contribution in [0.15, 0.2) is 83.3 Å². The molecule has 0 aliphatic rings. The summed E-state index contributed by atoms with van der Waals surface area (Å²) in [5.41, 5.74) is 8.54. The van der Waals surface area contributed by atoms with E-state index in [4.69, 9.17) is 0 Å². The summed E-state index contributed by atoms with van der Waals surface area (Å²) < 4.78 is 1.99. The topological polar surface area (TPSA) is 85.1 Å². The van der Waals surface area contributed by atoms with E-state index in [-0.39, 0.29) is 17.1 Å². The van der Waals surface area contributed by atoms with Crippen molar-refractivity contribution < 1.29 is 4.79 Å². The normalized spacial score (nSPS) is 12.0. The van der Waals surface area contributed by atoms with Crippen LogP contribution in [0.5, 0.6) is 0 Å². The molecule has 2 aromatic heterocycles. The number of carbonyl (C=O) groups excluding carboxylic acids is 1. The Hall–Kier alpha value is -3.78. The first-order valence-corrected chi connectivity index (χ1v) is 12.7. The second-order valence-electron chi connectivity index (χ2n) is 9.57. The zero-order valence-electron chi connectivity index (χ0n) is 21.2. The maximum atomic E-state index is 12.5. The Labute approximate surface area is 216 Å². The molecular weight excluding hydrogens is 468 g/mol. The molecule has 0 atom stereocenters. The lowest BCUT2D eigenvalue weighted by molar-refractivity contribution is -0.118. The van der Waals surface area contributed by atoms with E-state index < -0.39 is 0 Å². The second kappa shape index (κ2) is 10.9. The zero-order valence-corrected chi connectivity index (χ0v) is 22.0. The Balaban J connectivity index is 1.56. The fraction of sp³-hybridized carbons (Fsp3) is 0.250. The SMILES string of the molecule is CC(=NNC(=O)CSc1nnc(-c2ccc(C(C)(C)C)cc2)n1-c1ccc(C)cc1)c1cccnc1. The number of aryl methyl sites for hydroxylation is 1. The minimum absolute atomic E-state index is 0.0649. The molecule has 0 unspecified atom stereocenters. The second-order valence-corrected chi connectivity index (χ2v) is 10.5. The number of nitrogens with one attached hydrogen (secondary N) is 1.